The van der Waals surface area contributed by atoms with Crippen molar-refractivity contribution in [2.75, 3.05) is 13.2 Å². The lowest BCUT2D eigenvalue weighted by atomic mass is 10.1. The molecule has 61 heavy (non-hydrogen) atoms. The molecule has 0 aliphatic rings. The van der Waals surface area contributed by atoms with Crippen molar-refractivity contribution in [1.82, 2.24) is 0 Å². The molecule has 0 aliphatic heterocycles. The van der Waals surface area contributed by atoms with Crippen molar-refractivity contribution >= 4 is 17.9 Å². The van der Waals surface area contributed by atoms with Gasteiger partial charge in [0.1, 0.15) is 13.2 Å². The average molecular weight is 851 g/mol. The zero-order valence-corrected chi connectivity index (χ0v) is 39.9. The minimum atomic E-state index is -0.787. The number of unbranched alkanes of at least 4 members (excludes halogenated alkanes) is 25. The molecule has 0 saturated heterocycles. The minimum absolute atomic E-state index is 0.0853. The number of allylic oxidation sites excluding steroid dienone is 12. The van der Waals surface area contributed by atoms with Crippen LogP contribution in [0.1, 0.15) is 239 Å². The molecule has 0 bridgehead atoms. The standard InChI is InChI=1S/C55H94O6/c1-4-7-10-13-16-19-22-24-26-27-28-29-31-33-36-39-42-45-48-54(57)60-51-52(50-59-53(56)47-44-41-38-35-32-21-18-15-12-9-6-3)61-55(58)49-46-43-40-37-34-30-25-23-20-17-14-11-8-5-2/h8,11,16-17,19-20,22,24,26-29,52H,4-7,9-10,12-15,18,21,23,25,30-51H2,1-3H3/b11-8-,19-16-,20-17-,24-22-,27-26-,29-28-. The summed E-state index contributed by atoms with van der Waals surface area (Å²) >= 11 is 0. The number of ether oxygens (including phenoxy) is 3. The van der Waals surface area contributed by atoms with Gasteiger partial charge in [0, 0.05) is 19.3 Å². The van der Waals surface area contributed by atoms with Crippen LogP contribution in [-0.2, 0) is 28.6 Å². The highest BCUT2D eigenvalue weighted by Gasteiger charge is 2.19. The second kappa shape index (κ2) is 49.5. The summed E-state index contributed by atoms with van der Waals surface area (Å²) in [6.07, 6.45) is 61.6. The molecule has 0 heterocycles. The van der Waals surface area contributed by atoms with Crippen LogP contribution in [0.2, 0.25) is 0 Å². The van der Waals surface area contributed by atoms with Gasteiger partial charge in [-0.3, -0.25) is 14.4 Å². The van der Waals surface area contributed by atoms with Crippen LogP contribution in [0.4, 0.5) is 0 Å². The lowest BCUT2D eigenvalue weighted by Crippen LogP contribution is -2.30. The Morgan fingerprint density at radius 1 is 0.361 bits per heavy atom. The lowest BCUT2D eigenvalue weighted by molar-refractivity contribution is -0.167. The molecule has 0 aromatic rings. The van der Waals surface area contributed by atoms with E-state index in [2.05, 4.69) is 93.7 Å². The third kappa shape index (κ3) is 47.7. The fourth-order valence-corrected chi connectivity index (χ4v) is 6.96. The third-order valence-electron chi connectivity index (χ3n) is 10.8. The first-order chi connectivity index (χ1) is 30.0. The van der Waals surface area contributed by atoms with Gasteiger partial charge < -0.3 is 14.2 Å². The molecule has 0 fully saturated rings. The van der Waals surface area contributed by atoms with E-state index < -0.39 is 6.10 Å². The largest absolute Gasteiger partial charge is 0.462 e. The Kier molecular flexibility index (Phi) is 46.9. The average Bonchev–Trinajstić information content (AvgIpc) is 3.26. The van der Waals surface area contributed by atoms with Crippen LogP contribution in [0.25, 0.3) is 0 Å². The first-order valence-corrected chi connectivity index (χ1v) is 25.5. The van der Waals surface area contributed by atoms with E-state index in [1.807, 2.05) is 0 Å². The SMILES string of the molecule is CC/C=C\C/C=C\CCCCCCCCCC(=O)OC(COC(=O)CCCCCCC\C=C/C=C\C=C/C=C\CCCCC)COC(=O)CCCCCCCCCCCCC. The van der Waals surface area contributed by atoms with E-state index in [0.717, 1.165) is 103 Å². The molecular formula is C55H94O6. The number of hydrogen-bond donors (Lipinski definition) is 0. The van der Waals surface area contributed by atoms with E-state index in [0.29, 0.717) is 19.3 Å². The monoisotopic (exact) mass is 851 g/mol. The molecule has 0 rings (SSSR count). The molecular weight excluding hydrogens is 757 g/mol. The Morgan fingerprint density at radius 2 is 0.705 bits per heavy atom. The summed E-state index contributed by atoms with van der Waals surface area (Å²) in [6.45, 7) is 6.46. The maximum atomic E-state index is 12.8. The fraction of sp³-hybridized carbons (Fsp3) is 0.727. The number of rotatable bonds is 45. The van der Waals surface area contributed by atoms with Crippen LogP contribution in [-0.4, -0.2) is 37.2 Å². The van der Waals surface area contributed by atoms with Crippen molar-refractivity contribution in [1.29, 1.82) is 0 Å². The van der Waals surface area contributed by atoms with Crippen molar-refractivity contribution in [2.24, 2.45) is 0 Å². The van der Waals surface area contributed by atoms with Crippen LogP contribution in [0.5, 0.6) is 0 Å². The molecule has 1 unspecified atom stereocenters. The van der Waals surface area contributed by atoms with E-state index in [1.165, 1.54) is 96.3 Å². The van der Waals surface area contributed by atoms with Gasteiger partial charge in [0.15, 0.2) is 6.10 Å². The fourth-order valence-electron chi connectivity index (χ4n) is 6.96. The normalized spacial score (nSPS) is 12.6. The lowest BCUT2D eigenvalue weighted by Gasteiger charge is -2.18. The summed E-state index contributed by atoms with van der Waals surface area (Å²) in [7, 11) is 0. The van der Waals surface area contributed by atoms with Crippen molar-refractivity contribution in [3.05, 3.63) is 72.9 Å². The molecule has 0 aliphatic carbocycles. The Morgan fingerprint density at radius 3 is 1.16 bits per heavy atom. The Labute approximate surface area is 376 Å². The Bertz CT molecular complexity index is 1160. The Hall–Kier alpha value is -3.15. The molecule has 0 N–H and O–H groups in total. The van der Waals surface area contributed by atoms with Gasteiger partial charge in [-0.1, -0.05) is 222 Å². The van der Waals surface area contributed by atoms with Crippen molar-refractivity contribution < 1.29 is 28.6 Å². The summed E-state index contributed by atoms with van der Waals surface area (Å²) in [5.41, 5.74) is 0. The predicted octanol–water partition coefficient (Wildman–Crippen LogP) is 16.6. The second-order valence-corrected chi connectivity index (χ2v) is 16.8. The van der Waals surface area contributed by atoms with Gasteiger partial charge in [-0.2, -0.15) is 0 Å². The second-order valence-electron chi connectivity index (χ2n) is 16.8. The highest BCUT2D eigenvalue weighted by molar-refractivity contribution is 5.71. The third-order valence-corrected chi connectivity index (χ3v) is 10.8. The predicted molar refractivity (Wildman–Crippen MR) is 261 cm³/mol. The molecule has 0 radical (unpaired) electrons. The number of hydrogen-bond acceptors (Lipinski definition) is 6. The van der Waals surface area contributed by atoms with Gasteiger partial charge >= 0.3 is 17.9 Å². The number of carbonyl (C=O) groups excluding carboxylic acids is 3. The van der Waals surface area contributed by atoms with Gasteiger partial charge in [0.2, 0.25) is 0 Å². The summed E-state index contributed by atoms with van der Waals surface area (Å²) in [5, 5.41) is 0. The van der Waals surface area contributed by atoms with E-state index in [1.54, 1.807) is 0 Å². The van der Waals surface area contributed by atoms with Crippen LogP contribution >= 0.6 is 0 Å². The van der Waals surface area contributed by atoms with E-state index in [9.17, 15) is 14.4 Å². The number of carbonyl (C=O) groups is 3. The van der Waals surface area contributed by atoms with Crippen LogP contribution < -0.4 is 0 Å². The molecule has 0 spiro atoms. The van der Waals surface area contributed by atoms with Crippen molar-refractivity contribution in [3.8, 4) is 0 Å². The first-order valence-electron chi connectivity index (χ1n) is 25.5. The Balaban J connectivity index is 4.42. The van der Waals surface area contributed by atoms with Crippen LogP contribution in [0, 0.1) is 0 Å². The molecule has 0 amide bonds. The zero-order chi connectivity index (χ0) is 44.4. The number of esters is 3. The highest BCUT2D eigenvalue weighted by Crippen LogP contribution is 2.14. The molecule has 0 aromatic heterocycles. The van der Waals surface area contributed by atoms with Gasteiger partial charge in [-0.25, -0.2) is 0 Å². The molecule has 6 nitrogen and oxygen atoms in total. The maximum absolute atomic E-state index is 12.8. The summed E-state index contributed by atoms with van der Waals surface area (Å²) in [6, 6.07) is 0. The zero-order valence-electron chi connectivity index (χ0n) is 39.9. The quantitative estimate of drug-likeness (QED) is 0.0200. The van der Waals surface area contributed by atoms with Crippen LogP contribution in [0.15, 0.2) is 72.9 Å². The topological polar surface area (TPSA) is 78.9 Å². The maximum Gasteiger partial charge on any atom is 0.306 e. The summed E-state index contributed by atoms with van der Waals surface area (Å²) in [4.78, 5) is 37.9. The first kappa shape index (κ1) is 57.9. The molecule has 1 atom stereocenters. The van der Waals surface area contributed by atoms with Crippen molar-refractivity contribution in [2.45, 2.75) is 245 Å². The molecule has 0 aromatic carbocycles. The summed E-state index contributed by atoms with van der Waals surface area (Å²) < 4.78 is 16.8. The van der Waals surface area contributed by atoms with Crippen molar-refractivity contribution in [3.63, 3.8) is 0 Å². The highest BCUT2D eigenvalue weighted by atomic mass is 16.6. The molecule has 350 valence electrons. The van der Waals surface area contributed by atoms with Gasteiger partial charge in [0.25, 0.3) is 0 Å². The molecule has 6 heteroatoms. The van der Waals surface area contributed by atoms with E-state index in [-0.39, 0.29) is 31.1 Å². The minimum Gasteiger partial charge on any atom is -0.462 e. The van der Waals surface area contributed by atoms with E-state index >= 15 is 0 Å². The van der Waals surface area contributed by atoms with Gasteiger partial charge in [0.05, 0.1) is 0 Å². The van der Waals surface area contributed by atoms with E-state index in [4.69, 9.17) is 14.2 Å². The van der Waals surface area contributed by atoms with Gasteiger partial charge in [-0.05, 0) is 70.6 Å². The van der Waals surface area contributed by atoms with Gasteiger partial charge in [-0.15, -0.1) is 0 Å². The smallest absolute Gasteiger partial charge is 0.306 e. The molecule has 0 saturated carbocycles. The summed E-state index contributed by atoms with van der Waals surface area (Å²) in [5.74, 6) is -0.917. The van der Waals surface area contributed by atoms with Crippen LogP contribution in [0.3, 0.4) is 0 Å².